The third kappa shape index (κ3) is 2.93. The van der Waals surface area contributed by atoms with Crippen molar-refractivity contribution in [3.63, 3.8) is 0 Å². The second kappa shape index (κ2) is 5.02. The van der Waals surface area contributed by atoms with Crippen molar-refractivity contribution in [2.75, 3.05) is 12.0 Å². The summed E-state index contributed by atoms with van der Waals surface area (Å²) in [7, 11) is -3.19. The summed E-state index contributed by atoms with van der Waals surface area (Å²) < 4.78 is 22.6. The molecule has 3 nitrogen and oxygen atoms in total. The maximum atomic E-state index is 11.3. The minimum Gasteiger partial charge on any atom is -0.387 e. The van der Waals surface area contributed by atoms with Crippen LogP contribution in [0, 0.1) is 34.6 Å². The first-order valence-corrected chi connectivity index (χ1v) is 8.05. The van der Waals surface area contributed by atoms with Crippen molar-refractivity contribution in [1.82, 2.24) is 0 Å². The van der Waals surface area contributed by atoms with Crippen LogP contribution in [0.5, 0.6) is 0 Å². The molecule has 0 aromatic heterocycles. The second-order valence-corrected chi connectivity index (χ2v) is 7.33. The van der Waals surface area contributed by atoms with Crippen molar-refractivity contribution >= 4 is 9.84 Å². The first kappa shape index (κ1) is 15.2. The molecule has 18 heavy (non-hydrogen) atoms. The van der Waals surface area contributed by atoms with Gasteiger partial charge in [0.25, 0.3) is 0 Å². The fraction of sp³-hybridized carbons (Fsp3) is 0.571. The van der Waals surface area contributed by atoms with Gasteiger partial charge in [-0.3, -0.25) is 0 Å². The zero-order valence-electron chi connectivity index (χ0n) is 12.0. The Balaban J connectivity index is 3.42. The van der Waals surface area contributed by atoms with E-state index < -0.39 is 15.9 Å². The zero-order valence-corrected chi connectivity index (χ0v) is 12.8. The molecule has 0 saturated heterocycles. The van der Waals surface area contributed by atoms with Crippen molar-refractivity contribution in [2.45, 2.75) is 40.7 Å². The summed E-state index contributed by atoms with van der Waals surface area (Å²) in [6.45, 7) is 9.95. The Bertz CT molecular complexity index is 542. The highest BCUT2D eigenvalue weighted by atomic mass is 32.2. The molecule has 4 heteroatoms. The van der Waals surface area contributed by atoms with Crippen LogP contribution in [-0.2, 0) is 9.84 Å². The van der Waals surface area contributed by atoms with Gasteiger partial charge in [0, 0.05) is 6.26 Å². The predicted molar refractivity (Wildman–Crippen MR) is 74.8 cm³/mol. The van der Waals surface area contributed by atoms with E-state index in [0.717, 1.165) is 34.1 Å². The quantitative estimate of drug-likeness (QED) is 0.917. The Morgan fingerprint density at radius 3 is 1.56 bits per heavy atom. The molecule has 1 aromatic carbocycles. The van der Waals surface area contributed by atoms with E-state index in [9.17, 15) is 13.5 Å². The smallest absolute Gasteiger partial charge is 0.150 e. The number of hydrogen-bond acceptors (Lipinski definition) is 3. The molecular formula is C14H22O3S. The lowest BCUT2D eigenvalue weighted by atomic mass is 9.87. The normalized spacial score (nSPS) is 13.7. The Hall–Kier alpha value is -0.870. The average Bonchev–Trinajstić information content (AvgIpc) is 2.21. The van der Waals surface area contributed by atoms with Crippen LogP contribution in [-0.4, -0.2) is 25.5 Å². The molecule has 0 aliphatic carbocycles. The number of hydrogen-bond donors (Lipinski definition) is 1. The number of rotatable bonds is 3. The van der Waals surface area contributed by atoms with E-state index in [-0.39, 0.29) is 5.75 Å². The van der Waals surface area contributed by atoms with E-state index in [0.29, 0.717) is 0 Å². The molecule has 0 fully saturated rings. The average molecular weight is 270 g/mol. The van der Waals surface area contributed by atoms with E-state index in [2.05, 4.69) is 6.92 Å². The summed E-state index contributed by atoms with van der Waals surface area (Å²) in [5.74, 6) is -0.226. The monoisotopic (exact) mass is 270 g/mol. The van der Waals surface area contributed by atoms with Crippen LogP contribution >= 0.6 is 0 Å². The van der Waals surface area contributed by atoms with Gasteiger partial charge in [-0.1, -0.05) is 0 Å². The van der Waals surface area contributed by atoms with Gasteiger partial charge in [0.2, 0.25) is 0 Å². The van der Waals surface area contributed by atoms with Gasteiger partial charge < -0.3 is 5.11 Å². The lowest BCUT2D eigenvalue weighted by Gasteiger charge is -2.22. The van der Waals surface area contributed by atoms with Crippen LogP contribution in [0.2, 0.25) is 0 Å². The van der Waals surface area contributed by atoms with Crippen LogP contribution < -0.4 is 0 Å². The Kier molecular flexibility index (Phi) is 4.23. The van der Waals surface area contributed by atoms with Crippen LogP contribution in [0.15, 0.2) is 0 Å². The third-order valence-electron chi connectivity index (χ3n) is 3.85. The molecule has 1 unspecified atom stereocenters. The van der Waals surface area contributed by atoms with Crippen molar-refractivity contribution in [1.29, 1.82) is 0 Å². The SMILES string of the molecule is Cc1c(C)c(C)c(C(O)CS(C)(=O)=O)c(C)c1C. The summed E-state index contributed by atoms with van der Waals surface area (Å²) >= 11 is 0. The molecule has 0 amide bonds. The highest BCUT2D eigenvalue weighted by Crippen LogP contribution is 2.30. The molecule has 1 rings (SSSR count). The number of aliphatic hydroxyl groups is 1. The predicted octanol–water partition coefficient (Wildman–Crippen LogP) is 2.31. The fourth-order valence-corrected chi connectivity index (χ4v) is 3.14. The third-order valence-corrected chi connectivity index (χ3v) is 4.77. The molecule has 0 radical (unpaired) electrons. The Morgan fingerprint density at radius 2 is 1.22 bits per heavy atom. The highest BCUT2D eigenvalue weighted by Gasteiger charge is 2.21. The number of benzene rings is 1. The van der Waals surface area contributed by atoms with Gasteiger partial charge in [-0.15, -0.1) is 0 Å². The maximum absolute atomic E-state index is 11.3. The maximum Gasteiger partial charge on any atom is 0.150 e. The van der Waals surface area contributed by atoms with E-state index in [1.165, 1.54) is 5.56 Å². The second-order valence-electron chi connectivity index (χ2n) is 5.15. The first-order chi connectivity index (χ1) is 8.06. The fourth-order valence-electron chi connectivity index (χ4n) is 2.40. The topological polar surface area (TPSA) is 54.4 Å². The summed E-state index contributed by atoms with van der Waals surface area (Å²) in [6, 6.07) is 0. The van der Waals surface area contributed by atoms with Crippen molar-refractivity contribution in [3.05, 3.63) is 33.4 Å². The van der Waals surface area contributed by atoms with E-state index in [1.807, 2.05) is 27.7 Å². The van der Waals surface area contributed by atoms with E-state index >= 15 is 0 Å². The molecule has 1 aromatic rings. The molecule has 0 saturated carbocycles. The van der Waals surface area contributed by atoms with Gasteiger partial charge in [0.1, 0.15) is 9.84 Å². The molecule has 1 N–H and O–H groups in total. The largest absolute Gasteiger partial charge is 0.387 e. The Morgan fingerprint density at radius 1 is 0.889 bits per heavy atom. The molecule has 0 spiro atoms. The van der Waals surface area contributed by atoms with Gasteiger partial charge in [0.15, 0.2) is 0 Å². The van der Waals surface area contributed by atoms with Gasteiger partial charge in [-0.2, -0.15) is 0 Å². The lowest BCUT2D eigenvalue weighted by Crippen LogP contribution is -2.16. The molecule has 0 aliphatic heterocycles. The van der Waals surface area contributed by atoms with E-state index in [4.69, 9.17) is 0 Å². The van der Waals surface area contributed by atoms with Crippen LogP contribution in [0.4, 0.5) is 0 Å². The standard InChI is InChI=1S/C14H22O3S/c1-8-9(2)11(4)14(12(5)10(8)3)13(15)7-18(6,16)17/h13,15H,7H2,1-6H3. The zero-order chi connectivity index (χ0) is 14.2. The molecule has 1 atom stereocenters. The molecule has 102 valence electrons. The number of aliphatic hydroxyl groups excluding tert-OH is 1. The van der Waals surface area contributed by atoms with Gasteiger partial charge >= 0.3 is 0 Å². The minimum absolute atomic E-state index is 0.226. The van der Waals surface area contributed by atoms with Gasteiger partial charge in [-0.05, 0) is 68.0 Å². The summed E-state index contributed by atoms with van der Waals surface area (Å²) in [4.78, 5) is 0. The Labute approximate surface area is 110 Å². The molecule has 0 bridgehead atoms. The minimum atomic E-state index is -3.19. The van der Waals surface area contributed by atoms with Crippen molar-refractivity contribution < 1.29 is 13.5 Å². The van der Waals surface area contributed by atoms with Crippen LogP contribution in [0.1, 0.15) is 39.5 Å². The summed E-state index contributed by atoms with van der Waals surface area (Å²) in [6.07, 6.45) is 0.201. The summed E-state index contributed by atoms with van der Waals surface area (Å²) in [5.41, 5.74) is 6.21. The molecule has 0 heterocycles. The van der Waals surface area contributed by atoms with Gasteiger partial charge in [0.05, 0.1) is 11.9 Å². The van der Waals surface area contributed by atoms with Gasteiger partial charge in [-0.25, -0.2) is 8.42 Å². The molecular weight excluding hydrogens is 248 g/mol. The van der Waals surface area contributed by atoms with Crippen molar-refractivity contribution in [2.24, 2.45) is 0 Å². The summed E-state index contributed by atoms with van der Waals surface area (Å²) in [5, 5.41) is 10.2. The van der Waals surface area contributed by atoms with E-state index in [1.54, 1.807) is 0 Å². The highest BCUT2D eigenvalue weighted by molar-refractivity contribution is 7.90. The number of sulfone groups is 1. The van der Waals surface area contributed by atoms with Crippen LogP contribution in [0.3, 0.4) is 0 Å². The molecule has 0 aliphatic rings. The lowest BCUT2D eigenvalue weighted by molar-refractivity contribution is 0.200. The van der Waals surface area contributed by atoms with Crippen LogP contribution in [0.25, 0.3) is 0 Å². The first-order valence-electron chi connectivity index (χ1n) is 5.99. The van der Waals surface area contributed by atoms with Crippen molar-refractivity contribution in [3.8, 4) is 0 Å².